The molecule has 0 aliphatic rings. The standard InChI is InChI=1S/C9H15NO3.C5H11NO2.C4H5ClO/c1-7(2)9(12)13-6-4-3-5-8(10)11;6-5(8)3-1-2-4-7;1-3(2)4(5)6/h1,3-6H2,2H3,(H2,10,11);7H,1-4H2,(H2,6,8);1H2,2H3. The molecule has 0 aromatic rings. The Labute approximate surface area is 165 Å². The Kier molecular flexibility index (Phi) is 22.0. The van der Waals surface area contributed by atoms with Crippen LogP contribution in [-0.4, -0.2) is 41.3 Å². The average molecular weight is 407 g/mol. The molecule has 5 N–H and O–H groups in total. The Morgan fingerprint density at radius 1 is 0.889 bits per heavy atom. The molecule has 0 aliphatic heterocycles. The van der Waals surface area contributed by atoms with Crippen molar-refractivity contribution in [3.05, 3.63) is 24.3 Å². The lowest BCUT2D eigenvalue weighted by atomic mass is 10.2. The Balaban J connectivity index is -0.000000351. The van der Waals surface area contributed by atoms with E-state index < -0.39 is 5.24 Å². The Bertz CT molecular complexity index is 494. The van der Waals surface area contributed by atoms with Gasteiger partial charge in [-0.05, 0) is 51.1 Å². The number of primary amides is 2. The van der Waals surface area contributed by atoms with Crippen molar-refractivity contribution in [1.82, 2.24) is 0 Å². The summed E-state index contributed by atoms with van der Waals surface area (Å²) in [6, 6.07) is 0. The fraction of sp³-hybridized carbons (Fsp3) is 0.556. The molecular formula is C18H31ClN2O6. The largest absolute Gasteiger partial charge is 0.462 e. The van der Waals surface area contributed by atoms with E-state index in [2.05, 4.69) is 13.2 Å². The second-order valence-electron chi connectivity index (χ2n) is 5.54. The summed E-state index contributed by atoms with van der Waals surface area (Å²) in [6.45, 7) is 10.3. The minimum atomic E-state index is -0.463. The second kappa shape index (κ2) is 20.1. The van der Waals surface area contributed by atoms with Gasteiger partial charge < -0.3 is 21.3 Å². The first-order valence-electron chi connectivity index (χ1n) is 8.31. The van der Waals surface area contributed by atoms with E-state index >= 15 is 0 Å². The van der Waals surface area contributed by atoms with Crippen LogP contribution in [-0.2, 0) is 23.9 Å². The molecule has 0 aromatic heterocycles. The third kappa shape index (κ3) is 32.0. The molecule has 0 radical (unpaired) electrons. The van der Waals surface area contributed by atoms with Crippen molar-refractivity contribution < 1.29 is 29.0 Å². The fourth-order valence-corrected chi connectivity index (χ4v) is 1.10. The molecule has 156 valence electrons. The van der Waals surface area contributed by atoms with E-state index in [-0.39, 0.29) is 24.4 Å². The zero-order valence-electron chi connectivity index (χ0n) is 16.1. The lowest BCUT2D eigenvalue weighted by molar-refractivity contribution is -0.139. The molecule has 0 atom stereocenters. The molecule has 0 spiro atoms. The summed E-state index contributed by atoms with van der Waals surface area (Å²) < 4.78 is 4.79. The maximum absolute atomic E-state index is 10.8. The molecule has 9 heteroatoms. The number of ether oxygens (including phenoxy) is 1. The number of hydrogen-bond donors (Lipinski definition) is 3. The number of carbonyl (C=O) groups is 4. The predicted molar refractivity (Wildman–Crippen MR) is 105 cm³/mol. The third-order valence-electron chi connectivity index (χ3n) is 2.57. The Morgan fingerprint density at radius 2 is 1.30 bits per heavy atom. The number of rotatable bonds is 11. The van der Waals surface area contributed by atoms with E-state index in [9.17, 15) is 19.2 Å². The van der Waals surface area contributed by atoms with Gasteiger partial charge in [-0.3, -0.25) is 14.4 Å². The summed E-state index contributed by atoms with van der Waals surface area (Å²) in [5, 5.41) is 7.76. The van der Waals surface area contributed by atoms with E-state index in [1.807, 2.05) is 0 Å². The Morgan fingerprint density at radius 3 is 1.59 bits per heavy atom. The van der Waals surface area contributed by atoms with Gasteiger partial charge in [0.05, 0.1) is 6.61 Å². The average Bonchev–Trinajstić information content (AvgIpc) is 2.55. The van der Waals surface area contributed by atoms with Crippen LogP contribution in [0.4, 0.5) is 0 Å². The van der Waals surface area contributed by atoms with Gasteiger partial charge in [0.25, 0.3) is 0 Å². The SMILES string of the molecule is C=C(C)C(=O)Cl.C=C(C)C(=O)OCCCCC(N)=O.NC(=O)CCCCO. The number of unbranched alkanes of at least 4 members (excludes halogenated alkanes) is 2. The van der Waals surface area contributed by atoms with Crippen LogP contribution in [0.25, 0.3) is 0 Å². The quantitative estimate of drug-likeness (QED) is 0.206. The van der Waals surface area contributed by atoms with Crippen molar-refractivity contribution in [1.29, 1.82) is 0 Å². The molecule has 0 heterocycles. The van der Waals surface area contributed by atoms with Crippen LogP contribution in [0, 0.1) is 0 Å². The van der Waals surface area contributed by atoms with Crippen molar-refractivity contribution in [3.8, 4) is 0 Å². The molecule has 2 amide bonds. The van der Waals surface area contributed by atoms with Gasteiger partial charge in [0.1, 0.15) is 0 Å². The van der Waals surface area contributed by atoms with Crippen LogP contribution < -0.4 is 11.5 Å². The smallest absolute Gasteiger partial charge is 0.333 e. The molecule has 0 rings (SSSR count). The van der Waals surface area contributed by atoms with Gasteiger partial charge in [0.15, 0.2) is 0 Å². The minimum absolute atomic E-state index is 0.146. The summed E-state index contributed by atoms with van der Waals surface area (Å²) in [4.78, 5) is 41.0. The van der Waals surface area contributed by atoms with Crippen molar-refractivity contribution in [2.24, 2.45) is 11.5 Å². The number of allylic oxidation sites excluding steroid dienone is 1. The van der Waals surface area contributed by atoms with Crippen LogP contribution >= 0.6 is 11.6 Å². The van der Waals surface area contributed by atoms with Gasteiger partial charge >= 0.3 is 5.97 Å². The molecule has 0 aliphatic carbocycles. The van der Waals surface area contributed by atoms with E-state index in [1.165, 1.54) is 0 Å². The maximum atomic E-state index is 10.8. The highest BCUT2D eigenvalue weighted by atomic mass is 35.5. The van der Waals surface area contributed by atoms with Gasteiger partial charge in [0.2, 0.25) is 17.1 Å². The summed E-state index contributed by atoms with van der Waals surface area (Å²) >= 11 is 4.87. The van der Waals surface area contributed by atoms with Crippen molar-refractivity contribution >= 4 is 34.6 Å². The second-order valence-corrected chi connectivity index (χ2v) is 5.88. The van der Waals surface area contributed by atoms with Crippen LogP contribution in [0.3, 0.4) is 0 Å². The zero-order chi connectivity index (χ0) is 21.8. The van der Waals surface area contributed by atoms with Gasteiger partial charge in [-0.15, -0.1) is 0 Å². The molecule has 8 nitrogen and oxygen atoms in total. The van der Waals surface area contributed by atoms with Gasteiger partial charge in [0, 0.05) is 30.6 Å². The summed E-state index contributed by atoms with van der Waals surface area (Å²) in [5.41, 5.74) is 10.5. The first-order chi connectivity index (χ1) is 12.4. The van der Waals surface area contributed by atoms with Crippen LogP contribution in [0.2, 0.25) is 0 Å². The molecular weight excluding hydrogens is 376 g/mol. The lowest BCUT2D eigenvalue weighted by Gasteiger charge is -2.02. The molecule has 0 saturated carbocycles. The number of hydrogen-bond acceptors (Lipinski definition) is 6. The van der Waals surface area contributed by atoms with Gasteiger partial charge in [-0.2, -0.15) is 0 Å². The van der Waals surface area contributed by atoms with E-state index in [1.54, 1.807) is 13.8 Å². The van der Waals surface area contributed by atoms with Gasteiger partial charge in [-0.25, -0.2) is 4.79 Å². The molecule has 27 heavy (non-hydrogen) atoms. The third-order valence-corrected chi connectivity index (χ3v) is 2.89. The van der Waals surface area contributed by atoms with Crippen LogP contribution in [0.15, 0.2) is 24.3 Å². The summed E-state index contributed by atoms with van der Waals surface area (Å²) in [7, 11) is 0. The highest BCUT2D eigenvalue weighted by molar-refractivity contribution is 6.67. The number of esters is 1. The van der Waals surface area contributed by atoms with Crippen molar-refractivity contribution in [2.75, 3.05) is 13.2 Å². The first kappa shape index (κ1) is 29.6. The van der Waals surface area contributed by atoms with Crippen LogP contribution in [0.1, 0.15) is 52.4 Å². The highest BCUT2D eigenvalue weighted by Gasteiger charge is 2.02. The summed E-state index contributed by atoms with van der Waals surface area (Å²) in [5.74, 6) is -1.01. The molecule has 0 saturated heterocycles. The predicted octanol–water partition coefficient (Wildman–Crippen LogP) is 1.72. The molecule has 0 bridgehead atoms. The van der Waals surface area contributed by atoms with Crippen molar-refractivity contribution in [3.63, 3.8) is 0 Å². The van der Waals surface area contributed by atoms with Crippen LogP contribution in [0.5, 0.6) is 0 Å². The highest BCUT2D eigenvalue weighted by Crippen LogP contribution is 1.98. The number of nitrogens with two attached hydrogens (primary N) is 2. The number of aliphatic hydroxyl groups excluding tert-OH is 1. The topological polar surface area (TPSA) is 150 Å². The van der Waals surface area contributed by atoms with E-state index in [0.717, 1.165) is 0 Å². The lowest BCUT2D eigenvalue weighted by Crippen LogP contribution is -2.11. The van der Waals surface area contributed by atoms with Gasteiger partial charge in [-0.1, -0.05) is 13.2 Å². The number of halogens is 1. The summed E-state index contributed by atoms with van der Waals surface area (Å²) in [6.07, 6.45) is 3.40. The maximum Gasteiger partial charge on any atom is 0.333 e. The monoisotopic (exact) mass is 406 g/mol. The normalized spacial score (nSPS) is 8.89. The van der Waals surface area contributed by atoms with E-state index in [0.29, 0.717) is 56.3 Å². The fourth-order valence-electron chi connectivity index (χ4n) is 1.10. The number of aliphatic hydroxyl groups is 1. The number of amides is 2. The molecule has 0 fully saturated rings. The number of carbonyl (C=O) groups excluding carboxylic acids is 4. The van der Waals surface area contributed by atoms with E-state index in [4.69, 9.17) is 32.9 Å². The molecule has 0 unspecified atom stereocenters. The van der Waals surface area contributed by atoms with Crippen molar-refractivity contribution in [2.45, 2.75) is 52.4 Å². The molecule has 0 aromatic carbocycles. The zero-order valence-corrected chi connectivity index (χ0v) is 16.8. The minimum Gasteiger partial charge on any atom is -0.462 e. The first-order valence-corrected chi connectivity index (χ1v) is 8.68. The Hall–Kier alpha value is -2.19.